The number of aromatic nitrogens is 1. The summed E-state index contributed by atoms with van der Waals surface area (Å²) in [6, 6.07) is 7.74. The van der Waals surface area contributed by atoms with Crippen LogP contribution in [-0.2, 0) is 14.3 Å². The highest BCUT2D eigenvalue weighted by Gasteiger charge is 2.33. The van der Waals surface area contributed by atoms with E-state index in [0.717, 1.165) is 5.01 Å². The third-order valence-electron chi connectivity index (χ3n) is 6.43. The molecule has 0 radical (unpaired) electrons. The van der Waals surface area contributed by atoms with Crippen LogP contribution in [0.4, 0.5) is 11.5 Å². The van der Waals surface area contributed by atoms with Gasteiger partial charge in [-0.15, -0.1) is 0 Å². The van der Waals surface area contributed by atoms with Gasteiger partial charge in [-0.2, -0.15) is 12.6 Å². The van der Waals surface area contributed by atoms with E-state index in [0.29, 0.717) is 30.7 Å². The second kappa shape index (κ2) is 11.8. The van der Waals surface area contributed by atoms with Crippen LogP contribution in [0.2, 0.25) is 5.02 Å². The quantitative estimate of drug-likeness (QED) is 0.0848. The Bertz CT molecular complexity index is 1370. The monoisotopic (exact) mass is 559 g/mol. The fourth-order valence-electron chi connectivity index (χ4n) is 4.46. The van der Waals surface area contributed by atoms with Crippen molar-refractivity contribution in [3.05, 3.63) is 52.9 Å². The number of nitrogens with zero attached hydrogens (tertiary/aromatic N) is 2. The zero-order valence-electron chi connectivity index (χ0n) is 20.4. The van der Waals surface area contributed by atoms with Crippen molar-refractivity contribution in [3.63, 3.8) is 0 Å². The minimum atomic E-state index is -0.689. The molecule has 0 unspecified atom stereocenters. The Morgan fingerprint density at radius 3 is 2.47 bits per heavy atom. The first-order valence-electron chi connectivity index (χ1n) is 11.8. The molecule has 4 rings (SSSR count). The van der Waals surface area contributed by atoms with Crippen molar-refractivity contribution in [1.29, 1.82) is 0 Å². The SMILES string of the molecule is COC(=O)c1cccc2oc(C(=O)Nc3ccc(Cl)cn3)c(NC(=O)C3CCC(C(=O)N(N)CS)CC3)c12. The summed E-state index contributed by atoms with van der Waals surface area (Å²) >= 11 is 9.90. The number of esters is 1. The van der Waals surface area contributed by atoms with Gasteiger partial charge >= 0.3 is 5.97 Å². The lowest BCUT2D eigenvalue weighted by atomic mass is 9.81. The summed E-state index contributed by atoms with van der Waals surface area (Å²) in [7, 11) is 1.23. The number of nitrogens with two attached hydrogens (primary N) is 1. The molecule has 1 aliphatic carbocycles. The highest BCUT2D eigenvalue weighted by atomic mass is 35.5. The third kappa shape index (κ3) is 5.77. The van der Waals surface area contributed by atoms with Gasteiger partial charge in [-0.25, -0.2) is 15.6 Å². The summed E-state index contributed by atoms with van der Waals surface area (Å²) in [6.07, 6.45) is 3.22. The molecular formula is C25H26ClN5O6S. The van der Waals surface area contributed by atoms with E-state index in [-0.39, 0.29) is 57.4 Å². The van der Waals surface area contributed by atoms with Crippen LogP contribution in [0.25, 0.3) is 11.0 Å². The molecule has 0 saturated heterocycles. The molecule has 1 fully saturated rings. The number of hydrogen-bond donors (Lipinski definition) is 4. The number of hydrazine groups is 1. The molecule has 0 bridgehead atoms. The second-order valence-corrected chi connectivity index (χ2v) is 9.50. The van der Waals surface area contributed by atoms with Crippen LogP contribution >= 0.6 is 24.2 Å². The van der Waals surface area contributed by atoms with Crippen LogP contribution < -0.4 is 16.5 Å². The molecule has 11 nitrogen and oxygen atoms in total. The zero-order chi connectivity index (χ0) is 27.4. The molecule has 200 valence electrons. The van der Waals surface area contributed by atoms with Gasteiger partial charge in [0.1, 0.15) is 17.1 Å². The predicted octanol–water partition coefficient (Wildman–Crippen LogP) is 3.85. The zero-order valence-corrected chi connectivity index (χ0v) is 22.1. The summed E-state index contributed by atoms with van der Waals surface area (Å²) in [6.45, 7) is 0. The minimum absolute atomic E-state index is 0.0406. The van der Waals surface area contributed by atoms with Crippen molar-refractivity contribution in [1.82, 2.24) is 9.99 Å². The van der Waals surface area contributed by atoms with Gasteiger partial charge in [0.25, 0.3) is 5.91 Å². The number of benzene rings is 1. The first kappa shape index (κ1) is 27.4. The molecule has 0 spiro atoms. The van der Waals surface area contributed by atoms with Gasteiger partial charge in [-0.1, -0.05) is 17.7 Å². The third-order valence-corrected chi connectivity index (χ3v) is 6.95. The van der Waals surface area contributed by atoms with Crippen LogP contribution in [0, 0.1) is 11.8 Å². The van der Waals surface area contributed by atoms with Gasteiger partial charge in [-0.05, 0) is 49.9 Å². The predicted molar refractivity (Wildman–Crippen MR) is 144 cm³/mol. The maximum Gasteiger partial charge on any atom is 0.338 e. The number of rotatable bonds is 7. The van der Waals surface area contributed by atoms with Crippen molar-refractivity contribution in [2.75, 3.05) is 23.6 Å². The highest BCUT2D eigenvalue weighted by Crippen LogP contribution is 2.37. The van der Waals surface area contributed by atoms with Crippen molar-refractivity contribution in [2.45, 2.75) is 25.7 Å². The van der Waals surface area contributed by atoms with Gasteiger partial charge in [0.15, 0.2) is 0 Å². The number of carbonyl (C=O) groups is 4. The fourth-order valence-corrected chi connectivity index (χ4v) is 4.71. The lowest BCUT2D eigenvalue weighted by Gasteiger charge is -2.29. The maximum absolute atomic E-state index is 13.3. The van der Waals surface area contributed by atoms with Gasteiger partial charge in [-0.3, -0.25) is 19.4 Å². The number of amides is 3. The maximum atomic E-state index is 13.3. The van der Waals surface area contributed by atoms with Crippen molar-refractivity contribution < 1.29 is 28.3 Å². The number of fused-ring (bicyclic) bond motifs is 1. The molecule has 0 aliphatic heterocycles. The van der Waals surface area contributed by atoms with Gasteiger partial charge < -0.3 is 19.8 Å². The summed E-state index contributed by atoms with van der Waals surface area (Å²) in [5, 5.41) is 7.09. The summed E-state index contributed by atoms with van der Waals surface area (Å²) in [5.41, 5.74) is 0.372. The van der Waals surface area contributed by atoms with Crippen LogP contribution in [0.5, 0.6) is 0 Å². The number of methoxy groups -OCH3 is 1. The molecule has 13 heteroatoms. The summed E-state index contributed by atoms with van der Waals surface area (Å²) in [5.74, 6) is 3.14. The normalized spacial score (nSPS) is 17.1. The molecule has 1 aromatic carbocycles. The summed E-state index contributed by atoms with van der Waals surface area (Å²) in [4.78, 5) is 55.5. The topological polar surface area (TPSA) is 157 Å². The Labute approximate surface area is 228 Å². The number of anilines is 2. The number of furan rings is 1. The van der Waals surface area contributed by atoms with Crippen LogP contribution in [0.15, 0.2) is 40.9 Å². The lowest BCUT2D eigenvalue weighted by Crippen LogP contribution is -2.42. The summed E-state index contributed by atoms with van der Waals surface area (Å²) < 4.78 is 10.7. The Morgan fingerprint density at radius 2 is 1.84 bits per heavy atom. The number of halogens is 1. The molecule has 4 N–H and O–H groups in total. The fraction of sp³-hybridized carbons (Fsp3) is 0.320. The molecule has 0 atom stereocenters. The van der Waals surface area contributed by atoms with E-state index in [9.17, 15) is 19.2 Å². The van der Waals surface area contributed by atoms with Crippen molar-refractivity contribution in [3.8, 4) is 0 Å². The number of ether oxygens (including phenoxy) is 1. The van der Waals surface area contributed by atoms with Gasteiger partial charge in [0.2, 0.25) is 17.6 Å². The number of nitrogens with one attached hydrogen (secondary N) is 2. The number of carbonyl (C=O) groups excluding carboxylic acids is 4. The smallest absolute Gasteiger partial charge is 0.338 e. The molecule has 3 aromatic rings. The Hall–Kier alpha value is -3.61. The van der Waals surface area contributed by atoms with Crippen molar-refractivity contribution in [2.24, 2.45) is 17.7 Å². The average molecular weight is 560 g/mol. The van der Waals surface area contributed by atoms with Gasteiger partial charge in [0, 0.05) is 18.0 Å². The second-order valence-electron chi connectivity index (χ2n) is 8.78. The van der Waals surface area contributed by atoms with Gasteiger partial charge in [0.05, 0.1) is 29.0 Å². The van der Waals surface area contributed by atoms with E-state index < -0.39 is 17.8 Å². The molecule has 1 aliphatic rings. The molecule has 2 heterocycles. The van der Waals surface area contributed by atoms with E-state index in [4.69, 9.17) is 26.6 Å². The Kier molecular flexibility index (Phi) is 8.55. The van der Waals surface area contributed by atoms with Crippen LogP contribution in [0.1, 0.15) is 46.6 Å². The van der Waals surface area contributed by atoms with Crippen molar-refractivity contribution >= 4 is 70.4 Å². The van der Waals surface area contributed by atoms with Crippen LogP contribution in [0.3, 0.4) is 0 Å². The Morgan fingerprint density at radius 1 is 1.13 bits per heavy atom. The highest BCUT2D eigenvalue weighted by molar-refractivity contribution is 7.80. The van der Waals surface area contributed by atoms with Crippen LogP contribution in [-0.4, -0.2) is 46.7 Å². The van der Waals surface area contributed by atoms with E-state index in [2.05, 4.69) is 28.2 Å². The number of hydrogen-bond acceptors (Lipinski definition) is 9. The number of thiol groups is 1. The molecule has 1 saturated carbocycles. The first-order valence-corrected chi connectivity index (χ1v) is 12.8. The Balaban J connectivity index is 1.62. The standard InChI is InChI=1S/C25H26ClN5O6S/c1-36-25(35)16-3-2-4-17-19(16)20(21(37-17)23(33)29-18-10-9-15(26)11-28-18)30-22(32)13-5-7-14(8-6-13)24(34)31(27)12-38/h2-4,9-11,13-14,38H,5-8,12,27H2,1H3,(H,30,32)(H,28,29,33). The number of pyridine rings is 1. The average Bonchev–Trinajstić information content (AvgIpc) is 3.31. The molecule has 38 heavy (non-hydrogen) atoms. The van der Waals surface area contributed by atoms with E-state index >= 15 is 0 Å². The molecule has 2 aromatic heterocycles. The molecular weight excluding hydrogens is 534 g/mol. The lowest BCUT2D eigenvalue weighted by molar-refractivity contribution is -0.137. The first-order chi connectivity index (χ1) is 18.2. The van der Waals surface area contributed by atoms with E-state index in [1.807, 2.05) is 0 Å². The van der Waals surface area contributed by atoms with E-state index in [1.54, 1.807) is 18.2 Å². The molecule has 3 amide bonds. The largest absolute Gasteiger partial charge is 0.465 e. The van der Waals surface area contributed by atoms with E-state index in [1.165, 1.54) is 25.4 Å². The minimum Gasteiger partial charge on any atom is -0.465 e.